The van der Waals surface area contributed by atoms with Gasteiger partial charge in [0.1, 0.15) is 17.1 Å². The van der Waals surface area contributed by atoms with Crippen LogP contribution in [0.3, 0.4) is 0 Å². The van der Waals surface area contributed by atoms with Gasteiger partial charge in [0.15, 0.2) is 0 Å². The predicted molar refractivity (Wildman–Crippen MR) is 125 cm³/mol. The third-order valence-electron chi connectivity index (χ3n) is 5.24. The highest BCUT2D eigenvalue weighted by Gasteiger charge is 2.36. The number of barbiturate groups is 1. The Morgan fingerprint density at radius 2 is 1.40 bits per heavy atom. The lowest BCUT2D eigenvalue weighted by Crippen LogP contribution is -2.54. The molecule has 1 saturated heterocycles. The van der Waals surface area contributed by atoms with Crippen LogP contribution in [0.25, 0.3) is 11.8 Å². The Hall–Kier alpha value is -5.19. The maximum atomic E-state index is 12.9. The van der Waals surface area contributed by atoms with Crippen LogP contribution < -0.4 is 21.5 Å². The van der Waals surface area contributed by atoms with Gasteiger partial charge in [-0.05, 0) is 67.6 Å². The van der Waals surface area contributed by atoms with Gasteiger partial charge in [-0.3, -0.25) is 29.3 Å². The minimum atomic E-state index is -0.944. The van der Waals surface area contributed by atoms with Gasteiger partial charge in [-0.15, -0.1) is 0 Å². The van der Waals surface area contributed by atoms with Gasteiger partial charge in [-0.1, -0.05) is 6.08 Å². The summed E-state index contributed by atoms with van der Waals surface area (Å²) >= 11 is 0. The summed E-state index contributed by atoms with van der Waals surface area (Å²) in [7, 11) is 0. The van der Waals surface area contributed by atoms with Crippen LogP contribution in [0.1, 0.15) is 11.3 Å². The van der Waals surface area contributed by atoms with Crippen molar-refractivity contribution in [2.45, 2.75) is 6.92 Å². The van der Waals surface area contributed by atoms with Gasteiger partial charge >= 0.3 is 11.7 Å². The topological polar surface area (TPSA) is 162 Å². The molecule has 4 amide bonds. The number of carbonyl (C=O) groups excluding carboxylic acids is 3. The molecule has 0 unspecified atom stereocenters. The Labute approximate surface area is 196 Å². The molecule has 3 aromatic rings. The van der Waals surface area contributed by atoms with E-state index in [9.17, 15) is 34.2 Å². The number of benzene rings is 2. The third-order valence-corrected chi connectivity index (χ3v) is 5.24. The number of imide groups is 2. The highest BCUT2D eigenvalue weighted by atomic mass is 16.3. The number of phenolic OH excluding ortho intramolecular Hbond substituents is 2. The van der Waals surface area contributed by atoms with Crippen LogP contribution in [0.5, 0.6) is 11.5 Å². The lowest BCUT2D eigenvalue weighted by atomic mass is 10.1. The molecular formula is C24H18N4O7. The largest absolute Gasteiger partial charge is 0.508 e. The van der Waals surface area contributed by atoms with E-state index in [-0.39, 0.29) is 34.0 Å². The zero-order valence-electron chi connectivity index (χ0n) is 18.2. The average molecular weight is 474 g/mol. The van der Waals surface area contributed by atoms with Crippen LogP contribution in [0.15, 0.2) is 75.8 Å². The predicted octanol–water partition coefficient (Wildman–Crippen LogP) is 1.47. The van der Waals surface area contributed by atoms with Gasteiger partial charge in [0.05, 0.1) is 16.9 Å². The molecule has 4 rings (SSSR count). The number of rotatable bonds is 4. The second-order valence-corrected chi connectivity index (χ2v) is 7.47. The normalized spacial score (nSPS) is 15.2. The number of anilines is 1. The van der Waals surface area contributed by atoms with E-state index < -0.39 is 29.1 Å². The van der Waals surface area contributed by atoms with E-state index >= 15 is 0 Å². The fourth-order valence-electron chi connectivity index (χ4n) is 3.52. The zero-order valence-corrected chi connectivity index (χ0v) is 18.2. The van der Waals surface area contributed by atoms with Gasteiger partial charge in [0.25, 0.3) is 17.4 Å². The van der Waals surface area contributed by atoms with Crippen LogP contribution in [-0.2, 0) is 9.59 Å². The Bertz CT molecular complexity index is 1530. The lowest BCUT2D eigenvalue weighted by Gasteiger charge is -2.26. The molecule has 176 valence electrons. The van der Waals surface area contributed by atoms with Crippen molar-refractivity contribution in [1.29, 1.82) is 0 Å². The van der Waals surface area contributed by atoms with Crippen molar-refractivity contribution >= 4 is 29.6 Å². The van der Waals surface area contributed by atoms with E-state index in [0.29, 0.717) is 5.69 Å². The Balaban J connectivity index is 1.70. The summed E-state index contributed by atoms with van der Waals surface area (Å²) in [6.45, 7) is 1.54. The van der Waals surface area contributed by atoms with Gasteiger partial charge in [0.2, 0.25) is 0 Å². The van der Waals surface area contributed by atoms with E-state index in [1.807, 2.05) is 0 Å². The maximum absolute atomic E-state index is 12.9. The van der Waals surface area contributed by atoms with Crippen LogP contribution >= 0.6 is 0 Å². The number of aromatic nitrogens is 2. The van der Waals surface area contributed by atoms with Gasteiger partial charge in [-0.25, -0.2) is 14.5 Å². The average Bonchev–Trinajstić information content (AvgIpc) is 2.80. The summed E-state index contributed by atoms with van der Waals surface area (Å²) in [6.07, 6.45) is 3.74. The maximum Gasteiger partial charge on any atom is 0.335 e. The molecule has 1 aliphatic heterocycles. The Kier molecular flexibility index (Phi) is 5.90. The van der Waals surface area contributed by atoms with Crippen LogP contribution in [0, 0.1) is 6.92 Å². The van der Waals surface area contributed by atoms with Crippen molar-refractivity contribution in [1.82, 2.24) is 14.9 Å². The Morgan fingerprint density at radius 3 is 2.00 bits per heavy atom. The minimum Gasteiger partial charge on any atom is -0.508 e. The fraction of sp³-hybridized carbons (Fsp3) is 0.0417. The van der Waals surface area contributed by atoms with Gasteiger partial charge < -0.3 is 10.2 Å². The number of phenols is 2. The summed E-state index contributed by atoms with van der Waals surface area (Å²) in [5.41, 5.74) is -0.824. The number of nitrogens with zero attached hydrogens (tertiary/aromatic N) is 2. The highest BCUT2D eigenvalue weighted by Crippen LogP contribution is 2.23. The van der Waals surface area contributed by atoms with E-state index in [2.05, 4.69) is 10.3 Å². The molecule has 1 aromatic heterocycles. The van der Waals surface area contributed by atoms with Crippen molar-refractivity contribution in [3.8, 4) is 17.2 Å². The molecule has 2 aromatic carbocycles. The van der Waals surface area contributed by atoms with Gasteiger partial charge in [-0.2, -0.15) is 0 Å². The summed E-state index contributed by atoms with van der Waals surface area (Å²) in [6, 6.07) is 10.1. The minimum absolute atomic E-state index is 0.00544. The number of H-pyrrole nitrogens is 1. The molecule has 1 aliphatic rings. The van der Waals surface area contributed by atoms with E-state index in [4.69, 9.17) is 0 Å². The molecule has 11 nitrogen and oxygen atoms in total. The van der Waals surface area contributed by atoms with Crippen LogP contribution in [0.4, 0.5) is 10.5 Å². The smallest absolute Gasteiger partial charge is 0.335 e. The molecule has 0 bridgehead atoms. The second kappa shape index (κ2) is 8.98. The van der Waals surface area contributed by atoms with Crippen molar-refractivity contribution in [2.75, 3.05) is 4.90 Å². The molecule has 11 heteroatoms. The number of carbonyl (C=O) groups is 3. The molecule has 0 saturated carbocycles. The summed E-state index contributed by atoms with van der Waals surface area (Å²) in [5, 5.41) is 21.0. The summed E-state index contributed by atoms with van der Waals surface area (Å²) in [4.78, 5) is 65.1. The van der Waals surface area contributed by atoms with Crippen molar-refractivity contribution in [2.24, 2.45) is 0 Å². The molecule has 4 N–H and O–H groups in total. The monoisotopic (exact) mass is 474 g/mol. The first-order chi connectivity index (χ1) is 16.7. The second-order valence-electron chi connectivity index (χ2n) is 7.47. The molecule has 0 atom stereocenters. The number of hydrogen-bond acceptors (Lipinski definition) is 7. The molecule has 0 radical (unpaired) electrons. The summed E-state index contributed by atoms with van der Waals surface area (Å²) < 4.78 is 1.23. The first-order valence-corrected chi connectivity index (χ1v) is 10.2. The number of hydrogen-bond donors (Lipinski definition) is 4. The highest BCUT2D eigenvalue weighted by molar-refractivity contribution is 6.37. The molecular weight excluding hydrogens is 456 g/mol. The zero-order chi connectivity index (χ0) is 25.3. The van der Waals surface area contributed by atoms with Crippen LogP contribution in [0.2, 0.25) is 0 Å². The van der Waals surface area contributed by atoms with E-state index in [1.54, 1.807) is 6.92 Å². The standard InChI is InChI=1S/C24H18N4O7/c1-13-18(20(31)25-23(34)27(13)14-5-9-16(29)10-6-14)3-2-4-19-21(32)26-24(35)28(22(19)33)15-7-11-17(30)12-8-15/h2-12,29-30H,1H3,(H,25,31,34)(H,26,32,35). The van der Waals surface area contributed by atoms with Crippen molar-refractivity contribution < 1.29 is 24.6 Å². The third kappa shape index (κ3) is 4.37. The number of nitrogens with one attached hydrogen (secondary N) is 2. The Morgan fingerprint density at radius 1 is 0.829 bits per heavy atom. The quantitative estimate of drug-likeness (QED) is 0.329. The fourth-order valence-corrected chi connectivity index (χ4v) is 3.52. The van der Waals surface area contributed by atoms with E-state index in [1.165, 1.54) is 65.3 Å². The summed E-state index contributed by atoms with van der Waals surface area (Å²) in [5.74, 6) is -1.87. The SMILES string of the molecule is Cc1c(C=CC=C2C(=O)NC(=O)N(c3ccc(O)cc3)C2=O)c(=O)[nH]c(=O)n1-c1ccc(O)cc1. The number of allylic oxidation sites excluding steroid dienone is 2. The number of aromatic hydroxyl groups is 2. The van der Waals surface area contributed by atoms with Crippen molar-refractivity contribution in [3.63, 3.8) is 0 Å². The first-order valence-electron chi connectivity index (χ1n) is 10.2. The van der Waals surface area contributed by atoms with Crippen LogP contribution in [-0.4, -0.2) is 37.6 Å². The lowest BCUT2D eigenvalue weighted by molar-refractivity contribution is -0.122. The first kappa shape index (κ1) is 23.0. The molecule has 2 heterocycles. The number of urea groups is 1. The number of amides is 4. The number of aromatic amines is 1. The van der Waals surface area contributed by atoms with Crippen molar-refractivity contribution in [3.05, 3.63) is 98.4 Å². The molecule has 0 spiro atoms. The molecule has 35 heavy (non-hydrogen) atoms. The van der Waals surface area contributed by atoms with Gasteiger partial charge in [0, 0.05) is 5.69 Å². The molecule has 1 fully saturated rings. The van der Waals surface area contributed by atoms with E-state index in [0.717, 1.165) is 11.0 Å². The molecule has 0 aliphatic carbocycles.